The maximum absolute atomic E-state index is 10.8. The minimum absolute atomic E-state index is 0.104. The molecule has 0 aliphatic heterocycles. The van der Waals surface area contributed by atoms with Crippen LogP contribution in [0.4, 0.5) is 0 Å². The minimum Gasteiger partial charge on any atom is -0.458 e. The van der Waals surface area contributed by atoms with Gasteiger partial charge in [0.1, 0.15) is 6.10 Å². The molecule has 14 heavy (non-hydrogen) atoms. The largest absolute Gasteiger partial charge is 0.458 e. The van der Waals surface area contributed by atoms with Crippen LogP contribution >= 0.6 is 0 Å². The average molecular weight is 192 g/mol. The summed E-state index contributed by atoms with van der Waals surface area (Å²) >= 11 is 0. The number of carbonyl (C=O) groups is 1. The highest BCUT2D eigenvalue weighted by Crippen LogP contribution is 2.21. The van der Waals surface area contributed by atoms with Gasteiger partial charge >= 0.3 is 5.97 Å². The molecular weight excluding hydrogens is 176 g/mol. The molecule has 0 unspecified atom stereocenters. The van der Waals surface area contributed by atoms with Crippen LogP contribution in [0.2, 0.25) is 0 Å². The quantitative estimate of drug-likeness (QED) is 0.688. The van der Waals surface area contributed by atoms with Gasteiger partial charge < -0.3 is 4.74 Å². The number of rotatable bonds is 3. The van der Waals surface area contributed by atoms with Gasteiger partial charge in [-0.15, -0.1) is 0 Å². The zero-order valence-corrected chi connectivity index (χ0v) is 8.91. The Labute approximate surface area is 84.9 Å². The molecule has 0 aromatic heterocycles. The lowest BCUT2D eigenvalue weighted by atomic mass is 10.0. The van der Waals surface area contributed by atoms with E-state index in [0.717, 1.165) is 12.0 Å². The Kier molecular flexibility index (Phi) is 3.69. The summed E-state index contributed by atoms with van der Waals surface area (Å²) in [5.41, 5.74) is 2.26. The standard InChI is InChI=1S/C12H16O2/c1-4-12(14-10(3)13)11-7-5-6-9(2)8-11/h5-8,12H,4H2,1-3H3/t12-/m1/s1. The molecule has 0 spiro atoms. The molecule has 0 heterocycles. The van der Waals surface area contributed by atoms with E-state index < -0.39 is 0 Å². The van der Waals surface area contributed by atoms with Crippen molar-refractivity contribution in [3.05, 3.63) is 35.4 Å². The molecule has 0 amide bonds. The highest BCUT2D eigenvalue weighted by atomic mass is 16.5. The highest BCUT2D eigenvalue weighted by Gasteiger charge is 2.11. The van der Waals surface area contributed by atoms with E-state index in [1.54, 1.807) is 0 Å². The van der Waals surface area contributed by atoms with Crippen LogP contribution in [0, 0.1) is 6.92 Å². The summed E-state index contributed by atoms with van der Waals surface area (Å²) in [7, 11) is 0. The molecule has 0 aliphatic rings. The summed E-state index contributed by atoms with van der Waals surface area (Å²) in [5.74, 6) is -0.224. The first-order valence-corrected chi connectivity index (χ1v) is 4.87. The van der Waals surface area contributed by atoms with E-state index in [1.165, 1.54) is 12.5 Å². The first kappa shape index (κ1) is 10.8. The van der Waals surface area contributed by atoms with Gasteiger partial charge in [0.2, 0.25) is 0 Å². The summed E-state index contributed by atoms with van der Waals surface area (Å²) in [6.45, 7) is 5.48. The molecule has 0 N–H and O–H groups in total. The topological polar surface area (TPSA) is 26.3 Å². The number of aryl methyl sites for hydroxylation is 1. The molecule has 0 saturated heterocycles. The van der Waals surface area contributed by atoms with E-state index >= 15 is 0 Å². The average Bonchev–Trinajstić information content (AvgIpc) is 2.14. The number of ether oxygens (including phenoxy) is 1. The van der Waals surface area contributed by atoms with Gasteiger partial charge in [0.25, 0.3) is 0 Å². The molecule has 0 bridgehead atoms. The van der Waals surface area contributed by atoms with Crippen LogP contribution < -0.4 is 0 Å². The van der Waals surface area contributed by atoms with Gasteiger partial charge in [0, 0.05) is 6.92 Å². The fourth-order valence-corrected chi connectivity index (χ4v) is 1.46. The van der Waals surface area contributed by atoms with Gasteiger partial charge in [-0.25, -0.2) is 0 Å². The molecule has 0 saturated carbocycles. The second-order valence-electron chi connectivity index (χ2n) is 3.42. The molecule has 1 aromatic carbocycles. The number of benzene rings is 1. The van der Waals surface area contributed by atoms with Crippen LogP contribution in [-0.4, -0.2) is 5.97 Å². The number of esters is 1. The van der Waals surface area contributed by atoms with Gasteiger partial charge in [-0.1, -0.05) is 36.8 Å². The van der Waals surface area contributed by atoms with E-state index in [1.807, 2.05) is 32.0 Å². The maximum atomic E-state index is 10.8. The van der Waals surface area contributed by atoms with Crippen molar-refractivity contribution in [2.75, 3.05) is 0 Å². The second kappa shape index (κ2) is 4.80. The van der Waals surface area contributed by atoms with Gasteiger partial charge in [-0.2, -0.15) is 0 Å². The lowest BCUT2D eigenvalue weighted by Gasteiger charge is -2.15. The Bertz CT molecular complexity index is 318. The first-order chi connectivity index (χ1) is 6.63. The third kappa shape index (κ3) is 2.87. The maximum Gasteiger partial charge on any atom is 0.303 e. The van der Waals surface area contributed by atoms with Crippen molar-refractivity contribution in [3.8, 4) is 0 Å². The number of carbonyl (C=O) groups excluding carboxylic acids is 1. The van der Waals surface area contributed by atoms with Gasteiger partial charge in [-0.3, -0.25) is 4.79 Å². The van der Waals surface area contributed by atoms with E-state index in [4.69, 9.17) is 4.74 Å². The normalized spacial score (nSPS) is 12.2. The Balaban J connectivity index is 2.83. The zero-order valence-electron chi connectivity index (χ0n) is 8.91. The van der Waals surface area contributed by atoms with Crippen LogP contribution in [0.25, 0.3) is 0 Å². The summed E-state index contributed by atoms with van der Waals surface area (Å²) in [6, 6.07) is 8.06. The molecule has 1 rings (SSSR count). The van der Waals surface area contributed by atoms with Crippen molar-refractivity contribution in [1.29, 1.82) is 0 Å². The van der Waals surface area contributed by atoms with Crippen LogP contribution in [-0.2, 0) is 9.53 Å². The predicted octanol–water partition coefficient (Wildman–Crippen LogP) is 3.01. The van der Waals surface area contributed by atoms with Crippen molar-refractivity contribution in [2.45, 2.75) is 33.3 Å². The molecular formula is C12H16O2. The number of hydrogen-bond acceptors (Lipinski definition) is 2. The molecule has 2 heteroatoms. The van der Waals surface area contributed by atoms with Gasteiger partial charge in [-0.05, 0) is 18.9 Å². The van der Waals surface area contributed by atoms with E-state index in [0.29, 0.717) is 0 Å². The molecule has 1 aromatic rings. The molecule has 1 atom stereocenters. The van der Waals surface area contributed by atoms with Crippen LogP contribution in [0.5, 0.6) is 0 Å². The summed E-state index contributed by atoms with van der Waals surface area (Å²) in [4.78, 5) is 10.8. The first-order valence-electron chi connectivity index (χ1n) is 4.87. The monoisotopic (exact) mass is 192 g/mol. The molecule has 2 nitrogen and oxygen atoms in total. The Hall–Kier alpha value is -1.31. The zero-order chi connectivity index (χ0) is 10.6. The third-order valence-corrected chi connectivity index (χ3v) is 2.09. The van der Waals surface area contributed by atoms with Crippen LogP contribution in [0.15, 0.2) is 24.3 Å². The summed E-state index contributed by atoms with van der Waals surface area (Å²) in [5, 5.41) is 0. The summed E-state index contributed by atoms with van der Waals surface area (Å²) < 4.78 is 5.20. The third-order valence-electron chi connectivity index (χ3n) is 2.09. The van der Waals surface area contributed by atoms with Gasteiger partial charge in [0.15, 0.2) is 0 Å². The molecule has 0 aliphatic carbocycles. The van der Waals surface area contributed by atoms with Crippen molar-refractivity contribution in [2.24, 2.45) is 0 Å². The van der Waals surface area contributed by atoms with Crippen molar-refractivity contribution in [1.82, 2.24) is 0 Å². The van der Waals surface area contributed by atoms with Gasteiger partial charge in [0.05, 0.1) is 0 Å². The highest BCUT2D eigenvalue weighted by molar-refractivity contribution is 5.66. The molecule has 76 valence electrons. The van der Waals surface area contributed by atoms with Crippen molar-refractivity contribution < 1.29 is 9.53 Å². The van der Waals surface area contributed by atoms with Crippen molar-refractivity contribution in [3.63, 3.8) is 0 Å². The fourth-order valence-electron chi connectivity index (χ4n) is 1.46. The fraction of sp³-hybridized carbons (Fsp3) is 0.417. The van der Waals surface area contributed by atoms with E-state index in [-0.39, 0.29) is 12.1 Å². The molecule has 0 fully saturated rings. The second-order valence-corrected chi connectivity index (χ2v) is 3.42. The lowest BCUT2D eigenvalue weighted by Crippen LogP contribution is -2.07. The predicted molar refractivity (Wildman–Crippen MR) is 56.0 cm³/mol. The summed E-state index contributed by atoms with van der Waals surface area (Å²) in [6.07, 6.45) is 0.704. The van der Waals surface area contributed by atoms with Crippen molar-refractivity contribution >= 4 is 5.97 Å². The van der Waals surface area contributed by atoms with Crippen LogP contribution in [0.3, 0.4) is 0 Å². The Morgan fingerprint density at radius 3 is 2.71 bits per heavy atom. The number of hydrogen-bond donors (Lipinski definition) is 0. The Morgan fingerprint density at radius 2 is 2.21 bits per heavy atom. The lowest BCUT2D eigenvalue weighted by molar-refractivity contribution is -0.146. The van der Waals surface area contributed by atoms with Crippen LogP contribution in [0.1, 0.15) is 37.5 Å². The SMILES string of the molecule is CC[C@@H](OC(C)=O)c1cccc(C)c1. The van der Waals surface area contributed by atoms with E-state index in [9.17, 15) is 4.79 Å². The smallest absolute Gasteiger partial charge is 0.303 e. The van der Waals surface area contributed by atoms with E-state index in [2.05, 4.69) is 6.07 Å². The molecule has 0 radical (unpaired) electrons. The Morgan fingerprint density at radius 1 is 1.50 bits per heavy atom. The minimum atomic E-state index is -0.224.